The van der Waals surface area contributed by atoms with Crippen LogP contribution in [0.5, 0.6) is 17.4 Å². The highest BCUT2D eigenvalue weighted by molar-refractivity contribution is 7.98. The number of phenols is 1. The first-order valence-corrected chi connectivity index (χ1v) is 19.1. The summed E-state index contributed by atoms with van der Waals surface area (Å²) in [4.78, 5) is 46.1. The molecule has 2 aliphatic rings. The molecule has 1 aromatic heterocycles. The molecule has 3 atom stereocenters. The summed E-state index contributed by atoms with van der Waals surface area (Å²) in [7, 11) is 3.10. The zero-order chi connectivity index (χ0) is 37.0. The van der Waals surface area contributed by atoms with E-state index in [1.54, 1.807) is 24.1 Å². The van der Waals surface area contributed by atoms with Crippen molar-refractivity contribution in [3.8, 4) is 17.4 Å². The highest BCUT2D eigenvalue weighted by Crippen LogP contribution is 2.34. The van der Waals surface area contributed by atoms with Crippen LogP contribution in [0.1, 0.15) is 91.0 Å². The van der Waals surface area contributed by atoms with Gasteiger partial charge in [0.05, 0.1) is 26.3 Å². The number of likely N-dealkylation sites (tertiary alicyclic amines) is 1. The summed E-state index contributed by atoms with van der Waals surface area (Å²) in [6.45, 7) is 8.84. The average molecular weight is 725 g/mol. The highest BCUT2D eigenvalue weighted by atomic mass is 32.2. The van der Waals surface area contributed by atoms with Crippen LogP contribution in [0.15, 0.2) is 36.4 Å². The molecule has 4 rings (SSSR count). The third-order valence-electron chi connectivity index (χ3n) is 9.26. The van der Waals surface area contributed by atoms with E-state index < -0.39 is 12.1 Å². The van der Waals surface area contributed by atoms with E-state index in [1.807, 2.05) is 45.1 Å². The van der Waals surface area contributed by atoms with Gasteiger partial charge in [0.25, 0.3) is 5.91 Å². The first kappa shape index (κ1) is 40.0. The summed E-state index contributed by atoms with van der Waals surface area (Å²) < 4.78 is 19.6. The molecule has 1 aliphatic carbocycles. The summed E-state index contributed by atoms with van der Waals surface area (Å²) in [5.41, 5.74) is 0.874. The van der Waals surface area contributed by atoms with Crippen LogP contribution in [0.3, 0.4) is 0 Å². The Morgan fingerprint density at radius 3 is 2.61 bits per heavy atom. The number of pyridine rings is 1. The van der Waals surface area contributed by atoms with Crippen molar-refractivity contribution in [1.29, 1.82) is 0 Å². The predicted octanol–water partition coefficient (Wildman–Crippen LogP) is 6.58. The van der Waals surface area contributed by atoms with Crippen molar-refractivity contribution in [2.45, 2.75) is 103 Å². The third kappa shape index (κ3) is 11.9. The van der Waals surface area contributed by atoms with Crippen LogP contribution in [-0.2, 0) is 19.1 Å². The summed E-state index contributed by atoms with van der Waals surface area (Å²) in [6.07, 6.45) is 16.3. The van der Waals surface area contributed by atoms with Crippen LogP contribution in [0.25, 0.3) is 17.0 Å². The molecule has 11 nitrogen and oxygen atoms in total. The number of carbonyl (C=O) groups excluding carboxylic acids is 3. The van der Waals surface area contributed by atoms with Crippen molar-refractivity contribution >= 4 is 46.6 Å². The number of aromatic nitrogens is 1. The number of benzene rings is 1. The lowest BCUT2D eigenvalue weighted by Gasteiger charge is -2.28. The molecule has 2 unspecified atom stereocenters. The molecule has 3 amide bonds. The summed E-state index contributed by atoms with van der Waals surface area (Å²) in [6, 6.07) is 3.74. The molecule has 0 radical (unpaired) electrons. The lowest BCUT2D eigenvalue weighted by Crippen LogP contribution is -2.54. The lowest BCUT2D eigenvalue weighted by molar-refractivity contribution is -0.143. The van der Waals surface area contributed by atoms with Crippen LogP contribution in [-0.4, -0.2) is 84.0 Å². The molecule has 51 heavy (non-hydrogen) atoms. The predicted molar refractivity (Wildman–Crippen MR) is 203 cm³/mol. The molecular formula is C39H56N4O7S. The summed E-state index contributed by atoms with van der Waals surface area (Å²) in [5.74, 6) is 0.114. The number of fused-ring (bicyclic) bond motifs is 1. The van der Waals surface area contributed by atoms with Gasteiger partial charge in [-0.05, 0) is 68.4 Å². The van der Waals surface area contributed by atoms with Crippen LogP contribution < -0.4 is 19.5 Å². The minimum absolute atomic E-state index is 0.0860. The van der Waals surface area contributed by atoms with Crippen LogP contribution in [0.4, 0.5) is 0 Å². The number of phenolic OH excluding ortho intramolecular Hbond substituents is 1. The molecule has 0 bridgehead atoms. The number of nitrogens with one attached hydrogen (secondary N) is 2. The topological polar surface area (TPSA) is 139 Å². The Balaban J connectivity index is 1.30. The Morgan fingerprint density at radius 1 is 1.12 bits per heavy atom. The first-order chi connectivity index (χ1) is 24.5. The molecule has 2 heterocycles. The zero-order valence-corrected chi connectivity index (χ0v) is 31.9. The molecule has 1 aliphatic heterocycles. The van der Waals surface area contributed by atoms with Gasteiger partial charge in [-0.25, -0.2) is 4.98 Å². The van der Waals surface area contributed by atoms with Gasteiger partial charge in [-0.3, -0.25) is 19.1 Å². The van der Waals surface area contributed by atoms with Crippen molar-refractivity contribution in [3.63, 3.8) is 0 Å². The van der Waals surface area contributed by atoms with Gasteiger partial charge in [0.15, 0.2) is 0 Å². The molecule has 3 N–H and O–H groups in total. The second-order valence-corrected chi connectivity index (χ2v) is 15.5. The van der Waals surface area contributed by atoms with E-state index >= 15 is 0 Å². The Labute approximate surface area is 307 Å². The molecule has 1 saturated heterocycles. The molecule has 1 aromatic carbocycles. The second kappa shape index (κ2) is 19.2. The number of amides is 3. The molecule has 1 saturated carbocycles. The maximum atomic E-state index is 13.6. The number of rotatable bonds is 20. The van der Waals surface area contributed by atoms with E-state index in [1.165, 1.54) is 19.1 Å². The van der Waals surface area contributed by atoms with Gasteiger partial charge < -0.3 is 29.5 Å². The monoisotopic (exact) mass is 724 g/mol. The Morgan fingerprint density at radius 2 is 1.90 bits per heavy atom. The third-order valence-corrected chi connectivity index (χ3v) is 10.4. The Bertz CT molecular complexity index is 1560. The van der Waals surface area contributed by atoms with E-state index in [4.69, 9.17) is 14.2 Å². The lowest BCUT2D eigenvalue weighted by atomic mass is 9.90. The molecule has 0 spiro atoms. The SMILES string of the molecule is CCCCC/C=C\[C@H](C)C(NC(=O)C1CCCN1C(=O)COCC(C)(C)C/C=C/c1cc2c(OC)cc(OC)nc2cc1O)C(=O)NSC1CC1. The van der Waals surface area contributed by atoms with E-state index in [9.17, 15) is 19.5 Å². The minimum Gasteiger partial charge on any atom is -0.507 e. The standard InChI is InChI=1S/C39H56N4O7S/c1-7-8-9-10-11-14-26(2)36(38(47)42-51-28-17-18-28)41-37(46)31-16-13-20-43(31)35(45)24-50-25-39(3,4)19-12-15-27-21-29-30(22-32(27)44)40-34(49-6)23-33(29)48-5/h11-12,14-15,21-23,26,28,31,36,44H,7-10,13,16-20,24-25H2,1-6H3,(H,41,46)(H,42,47)/b14-11-,15-12+/t26-,31?,36?/m0/s1. The maximum Gasteiger partial charge on any atom is 0.252 e. The van der Waals surface area contributed by atoms with E-state index in [-0.39, 0.29) is 41.4 Å². The number of aromatic hydroxyl groups is 1. The normalized spacial score (nSPS) is 17.6. The fourth-order valence-electron chi connectivity index (χ4n) is 6.04. The van der Waals surface area contributed by atoms with Crippen LogP contribution in [0, 0.1) is 11.3 Å². The van der Waals surface area contributed by atoms with Crippen molar-refractivity contribution in [3.05, 3.63) is 42.0 Å². The van der Waals surface area contributed by atoms with Gasteiger partial charge in [0.1, 0.15) is 30.2 Å². The number of ether oxygens (including phenoxy) is 3. The number of methoxy groups -OCH3 is 2. The van der Waals surface area contributed by atoms with Gasteiger partial charge in [0.2, 0.25) is 17.7 Å². The number of carbonyl (C=O) groups is 3. The van der Waals surface area contributed by atoms with Gasteiger partial charge in [0, 0.05) is 40.8 Å². The number of hydrogen-bond donors (Lipinski definition) is 3. The van der Waals surface area contributed by atoms with E-state index in [2.05, 4.69) is 28.0 Å². The van der Waals surface area contributed by atoms with E-state index in [0.717, 1.165) is 43.9 Å². The average Bonchev–Trinajstić information content (AvgIpc) is 3.81. The fraction of sp³-hybridized carbons (Fsp3) is 0.590. The van der Waals surface area contributed by atoms with Gasteiger partial charge >= 0.3 is 0 Å². The number of unbranched alkanes of at least 4 members (excludes halogenated alkanes) is 3. The van der Waals surface area contributed by atoms with Crippen molar-refractivity contribution in [2.24, 2.45) is 11.3 Å². The maximum absolute atomic E-state index is 13.6. The highest BCUT2D eigenvalue weighted by Gasteiger charge is 2.37. The van der Waals surface area contributed by atoms with Gasteiger partial charge in [-0.1, -0.05) is 64.8 Å². The Hall–Kier alpha value is -3.77. The van der Waals surface area contributed by atoms with E-state index in [0.29, 0.717) is 60.4 Å². The smallest absolute Gasteiger partial charge is 0.252 e. The summed E-state index contributed by atoms with van der Waals surface area (Å²) >= 11 is 1.43. The van der Waals surface area contributed by atoms with Crippen LogP contribution >= 0.6 is 11.9 Å². The number of hydrogen-bond acceptors (Lipinski definition) is 9. The second-order valence-electron chi connectivity index (χ2n) is 14.4. The zero-order valence-electron chi connectivity index (χ0n) is 31.0. The molecular weight excluding hydrogens is 669 g/mol. The minimum atomic E-state index is -0.729. The fourth-order valence-corrected chi connectivity index (χ4v) is 6.82. The molecule has 12 heteroatoms. The van der Waals surface area contributed by atoms with Gasteiger partial charge in [-0.2, -0.15) is 0 Å². The largest absolute Gasteiger partial charge is 0.507 e. The number of allylic oxidation sites excluding steroid dienone is 2. The summed E-state index contributed by atoms with van der Waals surface area (Å²) in [5, 5.41) is 14.8. The molecule has 2 fully saturated rings. The number of nitrogens with zero attached hydrogens (tertiary/aromatic N) is 2. The van der Waals surface area contributed by atoms with Crippen LogP contribution in [0.2, 0.25) is 0 Å². The quantitative estimate of drug-likeness (QED) is 0.0786. The molecule has 280 valence electrons. The van der Waals surface area contributed by atoms with Crippen molar-refractivity contribution < 1.29 is 33.7 Å². The van der Waals surface area contributed by atoms with Crippen molar-refractivity contribution in [2.75, 3.05) is 34.0 Å². The first-order valence-electron chi connectivity index (χ1n) is 18.2. The van der Waals surface area contributed by atoms with Crippen molar-refractivity contribution in [1.82, 2.24) is 19.9 Å². The van der Waals surface area contributed by atoms with Gasteiger partial charge in [-0.15, -0.1) is 0 Å². The Kier molecular flexibility index (Phi) is 15.0. The molecule has 2 aromatic rings.